The number of piperazine rings is 1. The molecule has 1 aliphatic heterocycles. The van der Waals surface area contributed by atoms with Gasteiger partial charge in [-0.3, -0.25) is 9.59 Å². The quantitative estimate of drug-likeness (QED) is 0.704. The maximum atomic E-state index is 13.2. The van der Waals surface area contributed by atoms with Crippen molar-refractivity contribution in [3.05, 3.63) is 22.2 Å². The van der Waals surface area contributed by atoms with E-state index < -0.39 is 6.04 Å². The van der Waals surface area contributed by atoms with Crippen LogP contribution in [0.3, 0.4) is 0 Å². The maximum absolute atomic E-state index is 13.2. The van der Waals surface area contributed by atoms with Crippen molar-refractivity contribution in [2.45, 2.75) is 45.6 Å². The molecule has 1 aromatic rings. The average molecular weight is 456 g/mol. The van der Waals surface area contributed by atoms with Crippen molar-refractivity contribution < 1.29 is 14.3 Å². The highest BCUT2D eigenvalue weighted by molar-refractivity contribution is 6.37. The van der Waals surface area contributed by atoms with E-state index in [0.29, 0.717) is 42.0 Å². The second-order valence-electron chi connectivity index (χ2n) is 8.46. The van der Waals surface area contributed by atoms with Crippen molar-refractivity contribution in [2.75, 3.05) is 38.2 Å². The minimum absolute atomic E-state index is 0.00391. The standard InChI is InChI=1S/C22H31Cl2N3O3/c1-14(2)20(25-21(28)15-6-4-5-7-15)22(29)27-10-8-26(9-11-27)18-13-19(30-3)17(24)12-16(18)23/h12-15,20H,4-11H2,1-3H3,(H,25,28). The lowest BCUT2D eigenvalue weighted by atomic mass is 10.00. The number of halogens is 2. The summed E-state index contributed by atoms with van der Waals surface area (Å²) >= 11 is 12.5. The van der Waals surface area contributed by atoms with Crippen LogP contribution in [0.25, 0.3) is 0 Å². The highest BCUT2D eigenvalue weighted by Crippen LogP contribution is 2.36. The zero-order chi connectivity index (χ0) is 21.8. The fourth-order valence-electron chi connectivity index (χ4n) is 4.25. The zero-order valence-corrected chi connectivity index (χ0v) is 19.4. The van der Waals surface area contributed by atoms with E-state index >= 15 is 0 Å². The molecule has 0 spiro atoms. The molecule has 1 N–H and O–H groups in total. The number of methoxy groups -OCH3 is 1. The molecule has 1 heterocycles. The molecule has 1 unspecified atom stereocenters. The first-order valence-electron chi connectivity index (χ1n) is 10.7. The lowest BCUT2D eigenvalue weighted by molar-refractivity contribution is -0.138. The Morgan fingerprint density at radius 1 is 1.07 bits per heavy atom. The van der Waals surface area contributed by atoms with E-state index in [2.05, 4.69) is 10.2 Å². The molecule has 2 amide bonds. The van der Waals surface area contributed by atoms with Crippen LogP contribution in [0, 0.1) is 11.8 Å². The number of rotatable bonds is 6. The van der Waals surface area contributed by atoms with Gasteiger partial charge in [0.1, 0.15) is 11.8 Å². The topological polar surface area (TPSA) is 61.9 Å². The predicted molar refractivity (Wildman–Crippen MR) is 121 cm³/mol. The van der Waals surface area contributed by atoms with Crippen LogP contribution in [0.4, 0.5) is 5.69 Å². The van der Waals surface area contributed by atoms with Gasteiger partial charge in [-0.1, -0.05) is 49.9 Å². The zero-order valence-electron chi connectivity index (χ0n) is 17.9. The van der Waals surface area contributed by atoms with Crippen LogP contribution in [0.2, 0.25) is 10.0 Å². The number of hydrogen-bond donors (Lipinski definition) is 1. The van der Waals surface area contributed by atoms with E-state index in [9.17, 15) is 9.59 Å². The molecule has 2 fully saturated rings. The molecule has 1 atom stereocenters. The largest absolute Gasteiger partial charge is 0.495 e. The Kier molecular flexibility index (Phi) is 7.75. The van der Waals surface area contributed by atoms with E-state index in [-0.39, 0.29) is 23.7 Å². The molecule has 0 bridgehead atoms. The number of carbonyl (C=O) groups excluding carboxylic acids is 2. The monoisotopic (exact) mass is 455 g/mol. The molecule has 2 aliphatic rings. The summed E-state index contributed by atoms with van der Waals surface area (Å²) in [6.45, 7) is 6.40. The first kappa shape index (κ1) is 23.0. The van der Waals surface area contributed by atoms with Crippen LogP contribution in [0.5, 0.6) is 5.75 Å². The van der Waals surface area contributed by atoms with Gasteiger partial charge in [0.25, 0.3) is 0 Å². The second-order valence-corrected chi connectivity index (χ2v) is 9.28. The van der Waals surface area contributed by atoms with E-state index in [0.717, 1.165) is 31.4 Å². The number of benzene rings is 1. The number of nitrogens with one attached hydrogen (secondary N) is 1. The summed E-state index contributed by atoms with van der Waals surface area (Å²) < 4.78 is 5.31. The van der Waals surface area contributed by atoms with Crippen LogP contribution < -0.4 is 15.0 Å². The van der Waals surface area contributed by atoms with E-state index in [1.54, 1.807) is 13.2 Å². The number of ether oxygens (including phenoxy) is 1. The third-order valence-corrected chi connectivity index (χ3v) is 6.71. The summed E-state index contributed by atoms with van der Waals surface area (Å²) in [7, 11) is 1.57. The lowest BCUT2D eigenvalue weighted by Gasteiger charge is -2.38. The van der Waals surface area contributed by atoms with Crippen molar-refractivity contribution >= 4 is 40.7 Å². The summed E-state index contributed by atoms with van der Waals surface area (Å²) in [4.78, 5) is 29.7. The summed E-state index contributed by atoms with van der Waals surface area (Å²) in [5.41, 5.74) is 0.847. The van der Waals surface area contributed by atoms with Gasteiger partial charge in [0.2, 0.25) is 11.8 Å². The van der Waals surface area contributed by atoms with Gasteiger partial charge in [0.15, 0.2) is 0 Å². The van der Waals surface area contributed by atoms with Crippen LogP contribution in [-0.4, -0.2) is 56.0 Å². The highest BCUT2D eigenvalue weighted by Gasteiger charge is 2.33. The third kappa shape index (κ3) is 5.14. The Balaban J connectivity index is 1.63. The fraction of sp³-hybridized carbons (Fsp3) is 0.636. The summed E-state index contributed by atoms with van der Waals surface area (Å²) in [6, 6.07) is 3.03. The van der Waals surface area contributed by atoms with Gasteiger partial charge < -0.3 is 19.9 Å². The first-order chi connectivity index (χ1) is 14.3. The molecule has 0 radical (unpaired) electrons. The Bertz CT molecular complexity index is 773. The number of nitrogens with zero attached hydrogens (tertiary/aromatic N) is 2. The van der Waals surface area contributed by atoms with Crippen molar-refractivity contribution in [1.29, 1.82) is 0 Å². The van der Waals surface area contributed by atoms with Gasteiger partial charge in [0, 0.05) is 38.2 Å². The van der Waals surface area contributed by atoms with E-state index in [1.165, 1.54) is 0 Å². The van der Waals surface area contributed by atoms with Crippen LogP contribution in [0.15, 0.2) is 12.1 Å². The van der Waals surface area contributed by atoms with Crippen LogP contribution in [0.1, 0.15) is 39.5 Å². The normalized spacial score (nSPS) is 18.6. The molecular weight excluding hydrogens is 425 g/mol. The SMILES string of the molecule is COc1cc(N2CCN(C(=O)C(NC(=O)C3CCCC3)C(C)C)CC2)c(Cl)cc1Cl. The van der Waals surface area contributed by atoms with Gasteiger partial charge in [-0.05, 0) is 24.8 Å². The molecule has 166 valence electrons. The number of anilines is 1. The first-order valence-corrected chi connectivity index (χ1v) is 11.4. The van der Waals surface area contributed by atoms with E-state index in [1.807, 2.05) is 24.8 Å². The molecule has 8 heteroatoms. The summed E-state index contributed by atoms with van der Waals surface area (Å²) in [5, 5.41) is 4.06. The molecule has 30 heavy (non-hydrogen) atoms. The Morgan fingerprint density at radius 3 is 2.27 bits per heavy atom. The minimum atomic E-state index is -0.483. The Morgan fingerprint density at radius 2 is 1.70 bits per heavy atom. The molecule has 1 aliphatic carbocycles. The van der Waals surface area contributed by atoms with Gasteiger partial charge >= 0.3 is 0 Å². The van der Waals surface area contributed by atoms with Crippen LogP contribution >= 0.6 is 23.2 Å². The van der Waals surface area contributed by atoms with Gasteiger partial charge in [-0.15, -0.1) is 0 Å². The minimum Gasteiger partial charge on any atom is -0.495 e. The summed E-state index contributed by atoms with van der Waals surface area (Å²) in [5.74, 6) is 0.687. The average Bonchev–Trinajstić information content (AvgIpc) is 3.26. The molecule has 0 aromatic heterocycles. The fourth-order valence-corrected chi connectivity index (χ4v) is 4.83. The molecule has 1 saturated carbocycles. The molecule has 6 nitrogen and oxygen atoms in total. The van der Waals surface area contributed by atoms with Gasteiger partial charge in [-0.25, -0.2) is 0 Å². The Hall–Kier alpha value is -1.66. The molecule has 1 saturated heterocycles. The number of hydrogen-bond acceptors (Lipinski definition) is 4. The van der Waals surface area contributed by atoms with Crippen molar-refractivity contribution in [2.24, 2.45) is 11.8 Å². The van der Waals surface area contributed by atoms with Gasteiger partial charge in [-0.2, -0.15) is 0 Å². The van der Waals surface area contributed by atoms with E-state index in [4.69, 9.17) is 27.9 Å². The maximum Gasteiger partial charge on any atom is 0.245 e. The molecular formula is C22H31Cl2N3O3. The smallest absolute Gasteiger partial charge is 0.245 e. The van der Waals surface area contributed by atoms with Crippen molar-refractivity contribution in [3.8, 4) is 5.75 Å². The van der Waals surface area contributed by atoms with Crippen LogP contribution in [-0.2, 0) is 9.59 Å². The van der Waals surface area contributed by atoms with Gasteiger partial charge in [0.05, 0.1) is 22.8 Å². The Labute approximate surface area is 188 Å². The number of amides is 2. The molecule has 1 aromatic carbocycles. The third-order valence-electron chi connectivity index (χ3n) is 6.11. The summed E-state index contributed by atoms with van der Waals surface area (Å²) in [6.07, 6.45) is 4.04. The van der Waals surface area contributed by atoms with Crippen molar-refractivity contribution in [1.82, 2.24) is 10.2 Å². The lowest BCUT2D eigenvalue weighted by Crippen LogP contribution is -2.57. The second kappa shape index (κ2) is 10.1. The highest BCUT2D eigenvalue weighted by atomic mass is 35.5. The number of carbonyl (C=O) groups is 2. The predicted octanol–water partition coefficient (Wildman–Crippen LogP) is 3.98. The van der Waals surface area contributed by atoms with Crippen molar-refractivity contribution in [3.63, 3.8) is 0 Å². The molecule has 3 rings (SSSR count).